The Morgan fingerprint density at radius 2 is 1.94 bits per heavy atom. The number of aliphatic hydroxyl groups is 1. The van der Waals surface area contributed by atoms with Crippen molar-refractivity contribution in [1.29, 1.82) is 0 Å². The van der Waals surface area contributed by atoms with E-state index in [-0.39, 0.29) is 12.0 Å². The van der Waals surface area contributed by atoms with E-state index in [0.717, 1.165) is 31.9 Å². The van der Waals surface area contributed by atoms with Crippen LogP contribution in [0.15, 0.2) is 0 Å². The van der Waals surface area contributed by atoms with Gasteiger partial charge in [0.25, 0.3) is 0 Å². The van der Waals surface area contributed by atoms with Crippen molar-refractivity contribution < 1.29 is 18.3 Å². The summed E-state index contributed by atoms with van der Waals surface area (Å²) < 4.78 is 22.4. The quantitative estimate of drug-likeness (QED) is 0.736. The largest absolute Gasteiger partial charge is 0.396 e. The van der Waals surface area contributed by atoms with E-state index in [0.29, 0.717) is 6.54 Å². The summed E-state index contributed by atoms with van der Waals surface area (Å²) in [5.41, 5.74) is -0.243. The Morgan fingerprint density at radius 1 is 1.41 bits per heavy atom. The van der Waals surface area contributed by atoms with E-state index in [9.17, 15) is 18.3 Å². The van der Waals surface area contributed by atoms with Crippen LogP contribution in [-0.4, -0.2) is 44.1 Å². The second kappa shape index (κ2) is 5.35. The molecule has 0 aromatic heterocycles. The molecule has 1 aliphatic rings. The van der Waals surface area contributed by atoms with Gasteiger partial charge in [-0.3, -0.25) is 4.79 Å². The van der Waals surface area contributed by atoms with E-state index in [1.54, 1.807) is 0 Å². The van der Waals surface area contributed by atoms with Crippen LogP contribution in [0.4, 0.5) is 0 Å². The lowest BCUT2D eigenvalue weighted by molar-refractivity contribution is -0.121. The highest BCUT2D eigenvalue weighted by molar-refractivity contribution is 7.92. The van der Waals surface area contributed by atoms with Crippen molar-refractivity contribution in [3.8, 4) is 0 Å². The predicted octanol–water partition coefficient (Wildman–Crippen LogP) is 0.0884. The number of hydrogen-bond acceptors (Lipinski definition) is 4. The Bertz CT molecular complexity index is 371. The second-order valence-electron chi connectivity index (χ2n) is 5.05. The van der Waals surface area contributed by atoms with Crippen molar-refractivity contribution >= 4 is 15.7 Å². The molecule has 5 nitrogen and oxygen atoms in total. The van der Waals surface area contributed by atoms with Crippen LogP contribution in [-0.2, 0) is 14.6 Å². The lowest BCUT2D eigenvalue weighted by Gasteiger charge is -2.27. The number of aliphatic hydroxyl groups excluding tert-OH is 1. The molecule has 0 heterocycles. The molecule has 0 saturated heterocycles. The highest BCUT2D eigenvalue weighted by Gasteiger charge is 2.34. The highest BCUT2D eigenvalue weighted by atomic mass is 32.2. The smallest absolute Gasteiger partial charge is 0.238 e. The minimum Gasteiger partial charge on any atom is -0.396 e. The van der Waals surface area contributed by atoms with Crippen LogP contribution in [0.3, 0.4) is 0 Å². The zero-order chi connectivity index (χ0) is 13.1. The Kier molecular flexibility index (Phi) is 4.55. The maximum atomic E-state index is 11.6. The normalized spacial score (nSPS) is 21.1. The first-order valence-corrected chi connectivity index (χ1v) is 7.84. The van der Waals surface area contributed by atoms with Crippen LogP contribution in [0, 0.1) is 5.41 Å². The molecule has 2 N–H and O–H groups in total. The van der Waals surface area contributed by atoms with Gasteiger partial charge in [-0.1, -0.05) is 12.8 Å². The van der Waals surface area contributed by atoms with Crippen molar-refractivity contribution in [3.63, 3.8) is 0 Å². The summed E-state index contributed by atoms with van der Waals surface area (Å²) in [5, 5.41) is 11.0. The third kappa shape index (κ3) is 3.67. The summed E-state index contributed by atoms with van der Waals surface area (Å²) in [6, 6.07) is 0. The van der Waals surface area contributed by atoms with Gasteiger partial charge in [0, 0.05) is 18.2 Å². The van der Waals surface area contributed by atoms with Gasteiger partial charge in [-0.25, -0.2) is 8.42 Å². The molecule has 100 valence electrons. The monoisotopic (exact) mass is 263 g/mol. The number of amides is 1. The molecule has 0 aliphatic heterocycles. The summed E-state index contributed by atoms with van der Waals surface area (Å²) in [6.45, 7) is 1.79. The predicted molar refractivity (Wildman–Crippen MR) is 65.3 cm³/mol. The molecular formula is C11H21NO4S. The summed E-state index contributed by atoms with van der Waals surface area (Å²) in [7, 11) is -3.35. The van der Waals surface area contributed by atoms with Crippen LogP contribution >= 0.6 is 0 Å². The van der Waals surface area contributed by atoms with Crippen molar-refractivity contribution in [2.45, 2.75) is 37.9 Å². The van der Waals surface area contributed by atoms with E-state index in [1.807, 2.05) is 0 Å². The van der Waals surface area contributed by atoms with E-state index in [4.69, 9.17) is 0 Å². The molecule has 1 unspecified atom stereocenters. The number of nitrogens with one attached hydrogen (secondary N) is 1. The SMILES string of the molecule is CC(C(=O)NCC1(CO)CCCC1)S(C)(=O)=O. The number of sulfone groups is 1. The Morgan fingerprint density at radius 3 is 2.35 bits per heavy atom. The van der Waals surface area contributed by atoms with Crippen molar-refractivity contribution in [2.24, 2.45) is 5.41 Å². The first-order valence-electron chi connectivity index (χ1n) is 5.88. The van der Waals surface area contributed by atoms with Crippen molar-refractivity contribution in [2.75, 3.05) is 19.4 Å². The average Bonchev–Trinajstić information content (AvgIpc) is 2.73. The molecule has 1 aliphatic carbocycles. The van der Waals surface area contributed by atoms with Crippen LogP contribution in [0.25, 0.3) is 0 Å². The van der Waals surface area contributed by atoms with Gasteiger partial charge >= 0.3 is 0 Å². The molecule has 0 aromatic rings. The van der Waals surface area contributed by atoms with Gasteiger partial charge in [0.15, 0.2) is 9.84 Å². The summed E-state index contributed by atoms with van der Waals surface area (Å²) in [5.74, 6) is -0.479. The molecule has 1 fully saturated rings. The maximum Gasteiger partial charge on any atom is 0.238 e. The minimum absolute atomic E-state index is 0.0422. The van der Waals surface area contributed by atoms with Gasteiger partial charge in [-0.15, -0.1) is 0 Å². The molecule has 1 atom stereocenters. The molecular weight excluding hydrogens is 242 g/mol. The molecule has 0 spiro atoms. The summed E-state index contributed by atoms with van der Waals surface area (Å²) >= 11 is 0. The zero-order valence-electron chi connectivity index (χ0n) is 10.4. The molecule has 1 amide bonds. The van der Waals surface area contributed by atoms with Gasteiger partial charge in [-0.05, 0) is 19.8 Å². The van der Waals surface area contributed by atoms with Gasteiger partial charge in [0.05, 0.1) is 6.61 Å². The van der Waals surface area contributed by atoms with E-state index in [2.05, 4.69) is 5.32 Å². The maximum absolute atomic E-state index is 11.6. The van der Waals surface area contributed by atoms with E-state index in [1.165, 1.54) is 6.92 Å². The van der Waals surface area contributed by atoms with Crippen LogP contribution in [0.2, 0.25) is 0 Å². The van der Waals surface area contributed by atoms with Crippen LogP contribution < -0.4 is 5.32 Å². The van der Waals surface area contributed by atoms with Crippen molar-refractivity contribution in [3.05, 3.63) is 0 Å². The van der Waals surface area contributed by atoms with Crippen molar-refractivity contribution in [1.82, 2.24) is 5.32 Å². The topological polar surface area (TPSA) is 83.5 Å². The fourth-order valence-corrected chi connectivity index (χ4v) is 2.60. The first-order chi connectivity index (χ1) is 7.81. The molecule has 1 saturated carbocycles. The first kappa shape index (κ1) is 14.4. The molecule has 17 heavy (non-hydrogen) atoms. The van der Waals surface area contributed by atoms with E-state index >= 15 is 0 Å². The number of hydrogen-bond donors (Lipinski definition) is 2. The summed E-state index contributed by atoms with van der Waals surface area (Å²) in [6.07, 6.45) is 4.93. The molecule has 0 bridgehead atoms. The Labute approximate surface area is 103 Å². The lowest BCUT2D eigenvalue weighted by atomic mass is 9.87. The zero-order valence-corrected chi connectivity index (χ0v) is 11.2. The third-order valence-electron chi connectivity index (χ3n) is 3.65. The van der Waals surface area contributed by atoms with Gasteiger partial charge in [-0.2, -0.15) is 0 Å². The molecule has 6 heteroatoms. The van der Waals surface area contributed by atoms with Crippen LogP contribution in [0.5, 0.6) is 0 Å². The Hall–Kier alpha value is -0.620. The Balaban J connectivity index is 2.53. The van der Waals surface area contributed by atoms with Crippen LogP contribution in [0.1, 0.15) is 32.6 Å². The minimum atomic E-state index is -3.35. The standard InChI is InChI=1S/C11H21NO4S/c1-9(17(2,15)16)10(14)12-7-11(8-13)5-3-4-6-11/h9,13H,3-8H2,1-2H3,(H,12,14). The lowest BCUT2D eigenvalue weighted by Crippen LogP contribution is -2.43. The van der Waals surface area contributed by atoms with Gasteiger partial charge < -0.3 is 10.4 Å². The third-order valence-corrected chi connectivity index (χ3v) is 5.15. The fraction of sp³-hybridized carbons (Fsp3) is 0.909. The number of rotatable bonds is 5. The van der Waals surface area contributed by atoms with Gasteiger partial charge in [0.1, 0.15) is 5.25 Å². The summed E-state index contributed by atoms with van der Waals surface area (Å²) in [4.78, 5) is 11.6. The second-order valence-corrected chi connectivity index (χ2v) is 7.42. The van der Waals surface area contributed by atoms with Gasteiger partial charge in [0.2, 0.25) is 5.91 Å². The average molecular weight is 263 g/mol. The number of carbonyl (C=O) groups excluding carboxylic acids is 1. The molecule has 0 radical (unpaired) electrons. The molecule has 1 rings (SSSR count). The molecule has 0 aromatic carbocycles. The van der Waals surface area contributed by atoms with E-state index < -0.39 is 21.0 Å². The highest BCUT2D eigenvalue weighted by Crippen LogP contribution is 2.36. The number of carbonyl (C=O) groups is 1. The fourth-order valence-electron chi connectivity index (χ4n) is 2.13.